The van der Waals surface area contributed by atoms with Crippen molar-refractivity contribution in [3.63, 3.8) is 0 Å². The first-order valence-corrected chi connectivity index (χ1v) is 21.0. The summed E-state index contributed by atoms with van der Waals surface area (Å²) >= 11 is 1.69. The minimum Gasteiger partial charge on any atom is -0.381 e. The minimum atomic E-state index is -0.120. The van der Waals surface area contributed by atoms with Gasteiger partial charge in [-0.3, -0.25) is 24.1 Å². The number of nitrogens with zero attached hydrogens (tertiary/aromatic N) is 4. The van der Waals surface area contributed by atoms with Crippen LogP contribution >= 0.6 is 11.3 Å². The highest BCUT2D eigenvalue weighted by Crippen LogP contribution is 2.36. The second kappa shape index (κ2) is 17.9. The molecule has 4 amide bonds. The van der Waals surface area contributed by atoms with Crippen molar-refractivity contribution in [1.29, 1.82) is 0 Å². The Bertz CT molecular complexity index is 1570. The fourth-order valence-corrected chi connectivity index (χ4v) is 10.6. The summed E-state index contributed by atoms with van der Waals surface area (Å²) < 4.78 is 5.66. The van der Waals surface area contributed by atoms with E-state index >= 15 is 0 Å². The third-order valence-corrected chi connectivity index (χ3v) is 14.0. The van der Waals surface area contributed by atoms with Gasteiger partial charge in [-0.2, -0.15) is 0 Å². The number of carbonyl (C=O) groups excluding carboxylic acids is 4. The van der Waals surface area contributed by atoms with Crippen molar-refractivity contribution in [3.8, 4) is 0 Å². The summed E-state index contributed by atoms with van der Waals surface area (Å²) in [6.07, 6.45) is 7.84. The Hall–Kier alpha value is -3.35. The Morgan fingerprint density at radius 1 is 0.868 bits per heavy atom. The van der Waals surface area contributed by atoms with Gasteiger partial charge in [0.15, 0.2) is 0 Å². The van der Waals surface area contributed by atoms with E-state index in [0.29, 0.717) is 69.2 Å². The number of aromatic nitrogens is 1. The summed E-state index contributed by atoms with van der Waals surface area (Å²) in [5.41, 5.74) is 1.89. The average molecular weight is 747 g/mol. The molecule has 4 saturated heterocycles. The molecule has 0 spiro atoms. The second-order valence-corrected chi connectivity index (χ2v) is 17.4. The summed E-state index contributed by atoms with van der Waals surface area (Å²) in [5, 5.41) is 7.39. The van der Waals surface area contributed by atoms with Crippen LogP contribution in [0.1, 0.15) is 91.3 Å². The number of likely N-dealkylation sites (tertiary alicyclic amines) is 1. The number of hydrogen-bond acceptors (Lipinski definition) is 8. The first kappa shape index (κ1) is 37.9. The van der Waals surface area contributed by atoms with E-state index in [1.165, 1.54) is 0 Å². The Morgan fingerprint density at radius 2 is 1.64 bits per heavy atom. The molecule has 288 valence electrons. The number of nitrogens with one attached hydrogen (secondary N) is 2. The maximum atomic E-state index is 13.8. The SMILES string of the molecule is Cc1sc2nc1CC(=O)N1CC[C@@H](CC(=O)NCc3ccccc3)[C@@H](CC(=O)NCC[C@H]3CN(C4CCOCC4)CC[C@H]3CC(=O)N3CCC2CC3)C1. The summed E-state index contributed by atoms with van der Waals surface area (Å²) in [4.78, 5) is 67.1. The summed E-state index contributed by atoms with van der Waals surface area (Å²) in [6, 6.07) is 10.4. The Balaban J connectivity index is 1.07. The van der Waals surface area contributed by atoms with Gasteiger partial charge >= 0.3 is 0 Å². The standard InChI is InChI=1S/C41H58N6O5S/c1-28-36-24-40(51)47-18-11-31(21-38(49)43-25-29-5-3-2-4-6-29)34(27-47)22-37(48)42-14-7-33-26-46(35-12-19-52-20-13-35)17-10-32(33)23-39(50)45-15-8-30(9-16-45)41(44-36)53-28/h2-6,30-35H,7-27H2,1H3,(H,42,48)(H,43,49)/t31-,32-,33-,34-/m0/s1. The van der Waals surface area contributed by atoms with Crippen molar-refractivity contribution >= 4 is 35.0 Å². The molecule has 11 nitrogen and oxygen atoms in total. The lowest BCUT2D eigenvalue weighted by Crippen LogP contribution is -2.49. The molecule has 0 saturated carbocycles. The molecule has 6 aliphatic heterocycles. The predicted molar refractivity (Wildman–Crippen MR) is 204 cm³/mol. The summed E-state index contributed by atoms with van der Waals surface area (Å²) in [6.45, 7) is 9.19. The van der Waals surface area contributed by atoms with Crippen molar-refractivity contribution in [3.05, 3.63) is 51.5 Å². The molecule has 1 aromatic carbocycles. The van der Waals surface area contributed by atoms with Crippen LogP contribution in [0.5, 0.6) is 0 Å². The zero-order chi connectivity index (χ0) is 36.7. The largest absolute Gasteiger partial charge is 0.381 e. The highest BCUT2D eigenvalue weighted by Gasteiger charge is 2.37. The number of ether oxygens (including phenoxy) is 1. The van der Waals surface area contributed by atoms with E-state index in [1.807, 2.05) is 35.2 Å². The van der Waals surface area contributed by atoms with Crippen LogP contribution in [0.4, 0.5) is 0 Å². The zero-order valence-electron chi connectivity index (χ0n) is 31.4. The van der Waals surface area contributed by atoms with Crippen LogP contribution in [0.2, 0.25) is 0 Å². The number of piperidine rings is 3. The normalized spacial score (nSPS) is 28.5. The lowest BCUT2D eigenvalue weighted by Gasteiger charge is -2.44. The van der Waals surface area contributed by atoms with Gasteiger partial charge in [0.05, 0.1) is 17.1 Å². The van der Waals surface area contributed by atoms with Crippen LogP contribution in [0.25, 0.3) is 0 Å². The number of benzene rings is 1. The fraction of sp³-hybridized carbons (Fsp3) is 0.683. The Kier molecular flexibility index (Phi) is 12.8. The molecular formula is C41H58N6O5S. The molecule has 0 radical (unpaired) electrons. The van der Waals surface area contributed by atoms with Crippen molar-refractivity contribution in [2.45, 2.75) is 96.1 Å². The van der Waals surface area contributed by atoms with Crippen molar-refractivity contribution in [2.24, 2.45) is 23.7 Å². The maximum absolute atomic E-state index is 13.8. The monoisotopic (exact) mass is 746 g/mol. The number of fused-ring (bicyclic) bond motifs is 8. The van der Waals surface area contributed by atoms with Gasteiger partial charge in [0.2, 0.25) is 23.6 Å². The predicted octanol–water partition coefficient (Wildman–Crippen LogP) is 4.29. The summed E-state index contributed by atoms with van der Waals surface area (Å²) in [5.74, 6) is 1.04. The smallest absolute Gasteiger partial charge is 0.228 e. The topological polar surface area (TPSA) is 124 Å². The van der Waals surface area contributed by atoms with Gasteiger partial charge in [-0.1, -0.05) is 30.3 Å². The van der Waals surface area contributed by atoms with E-state index in [4.69, 9.17) is 9.72 Å². The molecule has 2 aromatic rings. The second-order valence-electron chi connectivity index (χ2n) is 16.2. The number of rotatable bonds is 5. The summed E-state index contributed by atoms with van der Waals surface area (Å²) in [7, 11) is 0. The van der Waals surface area contributed by atoms with E-state index in [9.17, 15) is 19.2 Å². The number of carbonyl (C=O) groups is 4. The van der Waals surface area contributed by atoms with Gasteiger partial charge < -0.3 is 25.2 Å². The lowest BCUT2D eigenvalue weighted by atomic mass is 9.79. The van der Waals surface area contributed by atoms with Gasteiger partial charge in [0, 0.05) is 95.1 Å². The molecule has 4 atom stereocenters. The zero-order valence-corrected chi connectivity index (χ0v) is 32.3. The number of amides is 4. The van der Waals surface area contributed by atoms with E-state index in [0.717, 1.165) is 99.1 Å². The van der Waals surface area contributed by atoms with Crippen molar-refractivity contribution < 1.29 is 23.9 Å². The van der Waals surface area contributed by atoms with E-state index in [1.54, 1.807) is 11.3 Å². The van der Waals surface area contributed by atoms with E-state index in [-0.39, 0.29) is 48.3 Å². The number of thiazole rings is 1. The highest BCUT2D eigenvalue weighted by atomic mass is 32.1. The minimum absolute atomic E-state index is 0.00173. The van der Waals surface area contributed by atoms with Gasteiger partial charge in [0.25, 0.3) is 0 Å². The molecule has 0 aliphatic carbocycles. The van der Waals surface area contributed by atoms with Crippen LogP contribution in [0, 0.1) is 30.6 Å². The molecule has 53 heavy (non-hydrogen) atoms. The van der Waals surface area contributed by atoms with Gasteiger partial charge in [-0.15, -0.1) is 11.3 Å². The molecule has 6 aliphatic rings. The van der Waals surface area contributed by atoms with E-state index in [2.05, 4.69) is 27.4 Å². The van der Waals surface area contributed by atoms with Crippen LogP contribution < -0.4 is 10.6 Å². The van der Waals surface area contributed by atoms with Crippen molar-refractivity contribution in [2.75, 3.05) is 59.0 Å². The first-order chi connectivity index (χ1) is 25.8. The van der Waals surface area contributed by atoms with Crippen molar-refractivity contribution in [1.82, 2.24) is 30.3 Å². The van der Waals surface area contributed by atoms with E-state index < -0.39 is 0 Å². The molecule has 8 rings (SSSR count). The lowest BCUT2D eigenvalue weighted by molar-refractivity contribution is -0.135. The van der Waals surface area contributed by atoms with Crippen LogP contribution in [-0.2, 0) is 36.9 Å². The molecule has 1 aromatic heterocycles. The van der Waals surface area contributed by atoms with Crippen LogP contribution in [0.3, 0.4) is 0 Å². The molecule has 2 N–H and O–H groups in total. The quantitative estimate of drug-likeness (QED) is 0.468. The average Bonchev–Trinajstić information content (AvgIpc) is 3.54. The third kappa shape index (κ3) is 9.85. The Morgan fingerprint density at radius 3 is 2.43 bits per heavy atom. The molecule has 4 fully saturated rings. The third-order valence-electron chi connectivity index (χ3n) is 12.8. The first-order valence-electron chi connectivity index (χ1n) is 20.2. The number of aryl methyl sites for hydroxylation is 1. The number of hydrogen-bond donors (Lipinski definition) is 2. The van der Waals surface area contributed by atoms with Gasteiger partial charge in [-0.25, -0.2) is 4.98 Å². The molecule has 6 bridgehead atoms. The van der Waals surface area contributed by atoms with Crippen LogP contribution in [0.15, 0.2) is 30.3 Å². The van der Waals surface area contributed by atoms with Gasteiger partial charge in [0.1, 0.15) is 0 Å². The molecule has 0 unspecified atom stereocenters. The molecule has 12 heteroatoms. The Labute approximate surface area is 318 Å². The molecule has 7 heterocycles. The van der Waals surface area contributed by atoms with Gasteiger partial charge in [-0.05, 0) is 87.6 Å². The molecular weight excluding hydrogens is 689 g/mol. The fourth-order valence-electron chi connectivity index (χ4n) is 9.48. The highest BCUT2D eigenvalue weighted by molar-refractivity contribution is 7.11. The maximum Gasteiger partial charge on any atom is 0.228 e. The van der Waals surface area contributed by atoms with Crippen LogP contribution in [-0.4, -0.2) is 108 Å².